The Morgan fingerprint density at radius 2 is 1.81 bits per heavy atom. The zero-order valence-electron chi connectivity index (χ0n) is 25.5. The molecule has 256 valence electrons. The summed E-state index contributed by atoms with van der Waals surface area (Å²) in [6, 6.07) is 0. The van der Waals surface area contributed by atoms with Crippen molar-refractivity contribution < 1.29 is 45.8 Å². The normalized spacial score (nSPS) is 22.2. The van der Waals surface area contributed by atoms with Crippen LogP contribution in [0.2, 0.25) is 0 Å². The summed E-state index contributed by atoms with van der Waals surface area (Å²) in [6.45, 7) is 3.93. The molecule has 5 aliphatic rings. The molecular weight excluding hydrogens is 647 g/mol. The topological polar surface area (TPSA) is 155 Å². The van der Waals surface area contributed by atoms with Gasteiger partial charge in [-0.25, -0.2) is 28.5 Å². The van der Waals surface area contributed by atoms with Crippen LogP contribution in [0.4, 0.5) is 38.4 Å². The predicted octanol–water partition coefficient (Wildman–Crippen LogP) is 2.99. The molecule has 6 heterocycles. The van der Waals surface area contributed by atoms with Crippen LogP contribution in [0.5, 0.6) is 5.88 Å². The van der Waals surface area contributed by atoms with E-state index in [0.29, 0.717) is 68.8 Å². The van der Waals surface area contributed by atoms with Gasteiger partial charge in [0.15, 0.2) is 29.9 Å². The van der Waals surface area contributed by atoms with Crippen LogP contribution in [-0.4, -0.2) is 101 Å². The maximum Gasteiger partial charge on any atom is 0.446 e. The number of hydrogen-bond donors (Lipinski definition) is 3. The third kappa shape index (κ3) is 6.13. The maximum atomic E-state index is 15.6. The van der Waals surface area contributed by atoms with E-state index in [2.05, 4.69) is 35.5 Å². The van der Waals surface area contributed by atoms with Crippen molar-refractivity contribution in [1.29, 1.82) is 0 Å². The number of amides is 2. The first-order valence-electron chi connectivity index (χ1n) is 15.6. The molecule has 3 N–H and O–H groups in total. The number of ether oxygens (including phenoxy) is 2. The lowest BCUT2D eigenvalue weighted by molar-refractivity contribution is -0.156. The van der Waals surface area contributed by atoms with Crippen LogP contribution in [0.15, 0.2) is 6.20 Å². The Morgan fingerprint density at radius 1 is 1.08 bits per heavy atom. The molecule has 0 bridgehead atoms. The summed E-state index contributed by atoms with van der Waals surface area (Å²) >= 11 is 0. The number of piperidine rings is 1. The number of likely N-dealkylation sites (tertiary alicyclic amines) is 1. The summed E-state index contributed by atoms with van der Waals surface area (Å²) in [5, 5.41) is 5.88. The third-order valence-corrected chi connectivity index (χ3v) is 9.46. The number of rotatable bonds is 4. The highest BCUT2D eigenvalue weighted by atomic mass is 19.4. The SMILES string of the molecule is O=C1COc2ncc(N3CC4(CCN(CC5Cc6c(c(F)c7[nH]c(C8CCNC8)nc7c6F)C5)CC4)OC3=O)nc2N1.O=CC(F)(F)F. The van der Waals surface area contributed by atoms with Gasteiger partial charge in [0.2, 0.25) is 6.29 Å². The lowest BCUT2D eigenvalue weighted by atomic mass is 9.90. The quantitative estimate of drug-likeness (QED) is 0.277. The third-order valence-electron chi connectivity index (χ3n) is 9.46. The number of aromatic nitrogens is 4. The summed E-state index contributed by atoms with van der Waals surface area (Å²) in [5.41, 5.74) is 0.555. The highest BCUT2D eigenvalue weighted by Gasteiger charge is 2.48. The van der Waals surface area contributed by atoms with E-state index in [4.69, 9.17) is 14.3 Å². The number of H-pyrrole nitrogens is 1. The van der Waals surface area contributed by atoms with E-state index in [1.54, 1.807) is 0 Å². The first-order chi connectivity index (χ1) is 22.9. The van der Waals surface area contributed by atoms with Crippen LogP contribution in [0.3, 0.4) is 0 Å². The number of alkyl halides is 3. The fourth-order valence-corrected chi connectivity index (χ4v) is 7.11. The molecule has 3 fully saturated rings. The van der Waals surface area contributed by atoms with Crippen LogP contribution >= 0.6 is 0 Å². The molecule has 2 amide bonds. The van der Waals surface area contributed by atoms with Gasteiger partial charge in [-0.15, -0.1) is 0 Å². The lowest BCUT2D eigenvalue weighted by Crippen LogP contribution is -2.48. The minimum absolute atomic E-state index is 0.0916. The fourth-order valence-electron chi connectivity index (χ4n) is 7.11. The van der Waals surface area contributed by atoms with Crippen molar-refractivity contribution in [2.24, 2.45) is 5.92 Å². The van der Waals surface area contributed by atoms with Crippen molar-refractivity contribution in [3.63, 3.8) is 0 Å². The van der Waals surface area contributed by atoms with Gasteiger partial charge in [0.25, 0.3) is 11.8 Å². The molecular formula is C30H31F5N8O5. The number of nitrogens with zero attached hydrogens (tertiary/aromatic N) is 5. The van der Waals surface area contributed by atoms with E-state index >= 15 is 8.78 Å². The van der Waals surface area contributed by atoms with Crippen LogP contribution in [0, 0.1) is 17.6 Å². The van der Waals surface area contributed by atoms with Crippen molar-refractivity contribution in [1.82, 2.24) is 30.2 Å². The Kier molecular flexibility index (Phi) is 8.17. The Labute approximate surface area is 269 Å². The van der Waals surface area contributed by atoms with E-state index in [0.717, 1.165) is 19.5 Å². The molecule has 4 aliphatic heterocycles. The molecule has 0 saturated carbocycles. The average Bonchev–Trinajstić information content (AvgIpc) is 3.87. The summed E-state index contributed by atoms with van der Waals surface area (Å²) < 4.78 is 73.5. The van der Waals surface area contributed by atoms with Crippen molar-refractivity contribution in [3.8, 4) is 5.88 Å². The first-order valence-corrected chi connectivity index (χ1v) is 15.6. The smallest absolute Gasteiger partial charge is 0.446 e. The summed E-state index contributed by atoms with van der Waals surface area (Å²) in [5.74, 6) is 0.461. The second kappa shape index (κ2) is 12.2. The molecule has 1 aliphatic carbocycles. The monoisotopic (exact) mass is 678 g/mol. The Morgan fingerprint density at radius 3 is 2.50 bits per heavy atom. The van der Waals surface area contributed by atoms with Crippen LogP contribution in [0.1, 0.15) is 42.1 Å². The number of fused-ring (bicyclic) bond motifs is 3. The minimum Gasteiger partial charge on any atom is -0.465 e. The van der Waals surface area contributed by atoms with E-state index in [1.165, 1.54) is 11.1 Å². The van der Waals surface area contributed by atoms with Gasteiger partial charge in [-0.05, 0) is 42.9 Å². The van der Waals surface area contributed by atoms with E-state index in [-0.39, 0.29) is 58.7 Å². The Hall–Kier alpha value is -4.45. The first kappa shape index (κ1) is 32.1. The van der Waals surface area contributed by atoms with Crippen molar-refractivity contribution in [3.05, 3.63) is 34.8 Å². The standard InChI is InChI=1S/C28H30F2N8O4.C2HF3O/c29-20-16-7-14(8-17(16)21(30)23-22(20)35-24(36-23)15-1-4-31-9-15)11-37-5-2-28(3-6-37)13-38(27(40)42-28)18-10-32-26-25(33-18)34-19(39)12-41-26;3-2(4,5)1-6/h10,14-15,31H,1-9,11-13H2,(H,35,36)(H,33,34,39);1H. The minimum atomic E-state index is -4.64. The van der Waals surface area contributed by atoms with Crippen molar-refractivity contribution >= 4 is 41.0 Å². The van der Waals surface area contributed by atoms with Gasteiger partial charge in [0, 0.05) is 44.9 Å². The lowest BCUT2D eigenvalue weighted by Gasteiger charge is -2.38. The summed E-state index contributed by atoms with van der Waals surface area (Å²) in [7, 11) is 0. The molecule has 2 aromatic heterocycles. The number of aldehydes is 1. The molecule has 8 rings (SSSR count). The highest BCUT2D eigenvalue weighted by molar-refractivity contribution is 5.95. The van der Waals surface area contributed by atoms with E-state index < -0.39 is 30.0 Å². The van der Waals surface area contributed by atoms with Gasteiger partial charge in [-0.1, -0.05) is 0 Å². The number of carbonyl (C=O) groups excluding carboxylic acids is 3. The second-order valence-corrected chi connectivity index (χ2v) is 12.7. The van der Waals surface area contributed by atoms with Gasteiger partial charge in [-0.2, -0.15) is 13.2 Å². The number of imidazole rings is 1. The molecule has 1 aromatic carbocycles. The zero-order chi connectivity index (χ0) is 33.8. The molecule has 1 spiro atoms. The zero-order valence-corrected chi connectivity index (χ0v) is 25.5. The predicted molar refractivity (Wildman–Crippen MR) is 158 cm³/mol. The summed E-state index contributed by atoms with van der Waals surface area (Å²) in [4.78, 5) is 53.0. The number of nitrogens with one attached hydrogen (secondary N) is 3. The molecule has 0 radical (unpaired) electrons. The highest BCUT2D eigenvalue weighted by Crippen LogP contribution is 2.39. The number of carbonyl (C=O) groups is 3. The number of hydrogen-bond acceptors (Lipinski definition) is 10. The van der Waals surface area contributed by atoms with E-state index in [1.807, 2.05) is 0 Å². The maximum absolute atomic E-state index is 15.6. The van der Waals surface area contributed by atoms with Gasteiger partial charge in [0.1, 0.15) is 22.5 Å². The van der Waals surface area contributed by atoms with Crippen LogP contribution < -0.4 is 20.3 Å². The van der Waals surface area contributed by atoms with Crippen LogP contribution in [0.25, 0.3) is 11.0 Å². The second-order valence-electron chi connectivity index (χ2n) is 12.7. The van der Waals surface area contributed by atoms with Crippen molar-refractivity contribution in [2.45, 2.75) is 49.8 Å². The number of anilines is 2. The Balaban J connectivity index is 0.000000559. The van der Waals surface area contributed by atoms with Gasteiger partial charge < -0.3 is 30.0 Å². The Bertz CT molecular complexity index is 1720. The van der Waals surface area contributed by atoms with Gasteiger partial charge in [-0.3, -0.25) is 14.5 Å². The number of aromatic amines is 1. The largest absolute Gasteiger partial charge is 0.465 e. The number of halogens is 5. The number of benzene rings is 1. The van der Waals surface area contributed by atoms with Crippen molar-refractivity contribution in [2.75, 3.05) is 56.1 Å². The molecule has 2 atom stereocenters. The summed E-state index contributed by atoms with van der Waals surface area (Å²) in [6.07, 6.45) is -1.66. The molecule has 13 nitrogen and oxygen atoms in total. The average molecular weight is 679 g/mol. The fraction of sp³-hybridized carbons (Fsp3) is 0.533. The van der Waals surface area contributed by atoms with E-state index in [9.17, 15) is 22.8 Å². The molecule has 18 heteroatoms. The molecule has 3 aromatic rings. The van der Waals surface area contributed by atoms with Gasteiger partial charge >= 0.3 is 12.3 Å². The molecule has 3 saturated heterocycles. The van der Waals surface area contributed by atoms with Gasteiger partial charge in [0.05, 0.1) is 12.7 Å². The van der Waals surface area contributed by atoms with Crippen LogP contribution in [-0.2, 0) is 27.2 Å². The molecule has 48 heavy (non-hydrogen) atoms. The molecule has 2 unspecified atom stereocenters.